The zero-order valence-corrected chi connectivity index (χ0v) is 13.1. The Bertz CT molecular complexity index is 586. The maximum atomic E-state index is 12.3. The molecule has 1 aromatic rings. The first-order valence-electron chi connectivity index (χ1n) is 8.12. The number of para-hydroxylation sites is 2. The molecule has 1 heterocycles. The van der Waals surface area contributed by atoms with Gasteiger partial charge in [0.1, 0.15) is 0 Å². The molecule has 0 spiro atoms. The largest absolute Gasteiger partial charge is 0.504 e. The van der Waals surface area contributed by atoms with Crippen LogP contribution in [0.4, 0.5) is 0 Å². The van der Waals surface area contributed by atoms with Gasteiger partial charge in [-0.25, -0.2) is 0 Å². The summed E-state index contributed by atoms with van der Waals surface area (Å²) >= 11 is 0. The molecule has 2 aliphatic rings. The van der Waals surface area contributed by atoms with Crippen molar-refractivity contribution in [1.82, 2.24) is 9.80 Å². The van der Waals surface area contributed by atoms with Gasteiger partial charge in [0.05, 0.1) is 0 Å². The number of phenolic OH excluding ortho intramolecular Hbond substituents is 1. The molecule has 1 saturated heterocycles. The second-order valence-corrected chi connectivity index (χ2v) is 6.09. The number of carbonyl (C=O) groups is 2. The lowest BCUT2D eigenvalue weighted by atomic mass is 10.3. The minimum Gasteiger partial charge on any atom is -0.504 e. The molecule has 1 N–H and O–H groups in total. The maximum Gasteiger partial charge on any atom is 0.260 e. The zero-order valence-electron chi connectivity index (χ0n) is 13.1. The van der Waals surface area contributed by atoms with Crippen molar-refractivity contribution in [1.29, 1.82) is 0 Å². The maximum absolute atomic E-state index is 12.3. The number of hydrogen-bond acceptors (Lipinski definition) is 4. The summed E-state index contributed by atoms with van der Waals surface area (Å²) in [5.41, 5.74) is 0. The standard InChI is InChI=1S/C17H22N2O4/c20-14-4-1-2-5-15(14)23-12-16(21)18-8-3-9-19(11-10-18)17(22)13-6-7-13/h1-2,4-5,13,20H,3,6-12H2. The van der Waals surface area contributed by atoms with Crippen LogP contribution in [0, 0.1) is 5.92 Å². The third-order valence-electron chi connectivity index (χ3n) is 4.30. The number of nitrogens with zero attached hydrogens (tertiary/aromatic N) is 2. The average Bonchev–Trinajstić information content (AvgIpc) is 3.39. The molecule has 1 aromatic carbocycles. The van der Waals surface area contributed by atoms with Crippen molar-refractivity contribution in [3.63, 3.8) is 0 Å². The third kappa shape index (κ3) is 3.94. The third-order valence-corrected chi connectivity index (χ3v) is 4.30. The van der Waals surface area contributed by atoms with E-state index in [0.29, 0.717) is 25.4 Å². The van der Waals surface area contributed by atoms with Crippen molar-refractivity contribution >= 4 is 11.8 Å². The summed E-state index contributed by atoms with van der Waals surface area (Å²) in [4.78, 5) is 28.0. The first kappa shape index (κ1) is 15.6. The van der Waals surface area contributed by atoms with E-state index in [9.17, 15) is 14.7 Å². The fraction of sp³-hybridized carbons (Fsp3) is 0.529. The Morgan fingerprint density at radius 2 is 1.78 bits per heavy atom. The van der Waals surface area contributed by atoms with Crippen LogP contribution >= 0.6 is 0 Å². The number of aromatic hydroxyl groups is 1. The average molecular weight is 318 g/mol. The number of ether oxygens (including phenoxy) is 1. The lowest BCUT2D eigenvalue weighted by Crippen LogP contribution is -2.39. The molecule has 0 radical (unpaired) electrons. The predicted molar refractivity (Wildman–Crippen MR) is 84.1 cm³/mol. The van der Waals surface area contributed by atoms with Gasteiger partial charge in [-0.15, -0.1) is 0 Å². The first-order valence-corrected chi connectivity index (χ1v) is 8.12. The number of benzene rings is 1. The summed E-state index contributed by atoms with van der Waals surface area (Å²) in [6.07, 6.45) is 2.81. The molecule has 23 heavy (non-hydrogen) atoms. The molecular formula is C17H22N2O4. The van der Waals surface area contributed by atoms with Crippen LogP contribution in [-0.4, -0.2) is 59.5 Å². The predicted octanol–water partition coefficient (Wildman–Crippen LogP) is 1.24. The Labute approximate surface area is 135 Å². The quantitative estimate of drug-likeness (QED) is 0.907. The molecule has 6 heteroatoms. The van der Waals surface area contributed by atoms with Gasteiger partial charge >= 0.3 is 0 Å². The summed E-state index contributed by atoms with van der Waals surface area (Å²) in [6, 6.07) is 6.59. The van der Waals surface area contributed by atoms with E-state index in [0.717, 1.165) is 25.8 Å². The molecule has 0 aromatic heterocycles. The minimum absolute atomic E-state index is 0.0253. The van der Waals surface area contributed by atoms with Gasteiger partial charge in [0, 0.05) is 32.1 Å². The van der Waals surface area contributed by atoms with Gasteiger partial charge < -0.3 is 19.6 Å². The molecular weight excluding hydrogens is 296 g/mol. The summed E-state index contributed by atoms with van der Waals surface area (Å²) in [7, 11) is 0. The Morgan fingerprint density at radius 3 is 2.52 bits per heavy atom. The fourth-order valence-electron chi connectivity index (χ4n) is 2.79. The molecule has 1 aliphatic carbocycles. The van der Waals surface area contributed by atoms with Crippen molar-refractivity contribution < 1.29 is 19.4 Å². The van der Waals surface area contributed by atoms with Gasteiger partial charge in [0.2, 0.25) is 5.91 Å². The highest BCUT2D eigenvalue weighted by Crippen LogP contribution is 2.31. The van der Waals surface area contributed by atoms with E-state index in [2.05, 4.69) is 0 Å². The highest BCUT2D eigenvalue weighted by Gasteiger charge is 2.34. The second-order valence-electron chi connectivity index (χ2n) is 6.09. The van der Waals surface area contributed by atoms with Crippen LogP contribution in [0.3, 0.4) is 0 Å². The first-order chi connectivity index (χ1) is 11.1. The van der Waals surface area contributed by atoms with E-state index in [4.69, 9.17) is 4.74 Å². The summed E-state index contributed by atoms with van der Waals surface area (Å²) < 4.78 is 5.39. The van der Waals surface area contributed by atoms with E-state index in [1.165, 1.54) is 6.07 Å². The zero-order chi connectivity index (χ0) is 16.2. The van der Waals surface area contributed by atoms with E-state index < -0.39 is 0 Å². The van der Waals surface area contributed by atoms with Crippen molar-refractivity contribution in [3.8, 4) is 11.5 Å². The fourth-order valence-corrected chi connectivity index (χ4v) is 2.79. The number of rotatable bonds is 4. The Hall–Kier alpha value is -2.24. The second kappa shape index (κ2) is 6.89. The lowest BCUT2D eigenvalue weighted by molar-refractivity contribution is -0.135. The Kier molecular flexibility index (Phi) is 4.69. The molecule has 1 aliphatic heterocycles. The van der Waals surface area contributed by atoms with Gasteiger partial charge in [-0.05, 0) is 31.4 Å². The molecule has 1 saturated carbocycles. The van der Waals surface area contributed by atoms with Crippen LogP contribution in [-0.2, 0) is 9.59 Å². The normalized spacial score (nSPS) is 18.4. The Balaban J connectivity index is 1.49. The van der Waals surface area contributed by atoms with Crippen LogP contribution in [0.2, 0.25) is 0 Å². The van der Waals surface area contributed by atoms with E-state index in [1.807, 2.05) is 4.90 Å². The smallest absolute Gasteiger partial charge is 0.260 e. The molecule has 0 atom stereocenters. The molecule has 6 nitrogen and oxygen atoms in total. The SMILES string of the molecule is O=C(COc1ccccc1O)N1CCCN(C(=O)C2CC2)CC1. The summed E-state index contributed by atoms with van der Waals surface area (Å²) in [6.45, 7) is 2.39. The number of amides is 2. The van der Waals surface area contributed by atoms with Gasteiger partial charge in [0.15, 0.2) is 18.1 Å². The van der Waals surface area contributed by atoms with Crippen molar-refractivity contribution in [2.24, 2.45) is 5.92 Å². The molecule has 0 bridgehead atoms. The van der Waals surface area contributed by atoms with Crippen LogP contribution in [0.25, 0.3) is 0 Å². The number of phenols is 1. The molecule has 2 amide bonds. The lowest BCUT2D eigenvalue weighted by Gasteiger charge is -2.22. The number of carbonyl (C=O) groups excluding carboxylic acids is 2. The van der Waals surface area contributed by atoms with E-state index >= 15 is 0 Å². The summed E-state index contributed by atoms with van der Waals surface area (Å²) in [5.74, 6) is 0.680. The Morgan fingerprint density at radius 1 is 1.09 bits per heavy atom. The van der Waals surface area contributed by atoms with Gasteiger partial charge in [-0.3, -0.25) is 9.59 Å². The monoisotopic (exact) mass is 318 g/mol. The van der Waals surface area contributed by atoms with Crippen LogP contribution in [0.5, 0.6) is 11.5 Å². The number of hydrogen-bond donors (Lipinski definition) is 1. The molecule has 124 valence electrons. The van der Waals surface area contributed by atoms with Gasteiger partial charge in [-0.1, -0.05) is 12.1 Å². The van der Waals surface area contributed by atoms with E-state index in [-0.39, 0.29) is 30.1 Å². The molecule has 0 unspecified atom stereocenters. The van der Waals surface area contributed by atoms with Crippen LogP contribution in [0.1, 0.15) is 19.3 Å². The van der Waals surface area contributed by atoms with Crippen molar-refractivity contribution in [2.45, 2.75) is 19.3 Å². The topological polar surface area (TPSA) is 70.1 Å². The summed E-state index contributed by atoms with van der Waals surface area (Å²) in [5, 5.41) is 9.64. The van der Waals surface area contributed by atoms with Gasteiger partial charge in [-0.2, -0.15) is 0 Å². The minimum atomic E-state index is -0.117. The van der Waals surface area contributed by atoms with E-state index in [1.54, 1.807) is 23.1 Å². The molecule has 3 rings (SSSR count). The highest BCUT2D eigenvalue weighted by molar-refractivity contribution is 5.81. The van der Waals surface area contributed by atoms with Gasteiger partial charge in [0.25, 0.3) is 5.91 Å². The molecule has 2 fully saturated rings. The highest BCUT2D eigenvalue weighted by atomic mass is 16.5. The van der Waals surface area contributed by atoms with Crippen molar-refractivity contribution in [2.75, 3.05) is 32.8 Å². The van der Waals surface area contributed by atoms with Crippen LogP contribution < -0.4 is 4.74 Å². The van der Waals surface area contributed by atoms with Crippen molar-refractivity contribution in [3.05, 3.63) is 24.3 Å². The van der Waals surface area contributed by atoms with Crippen LogP contribution in [0.15, 0.2) is 24.3 Å².